The number of carbonyl (C=O) groups is 1. The number of ketones is 1. The van der Waals surface area contributed by atoms with Gasteiger partial charge in [0.1, 0.15) is 5.56 Å². The van der Waals surface area contributed by atoms with Crippen LogP contribution in [0, 0.1) is 5.21 Å². The van der Waals surface area contributed by atoms with Gasteiger partial charge in [0.15, 0.2) is 0 Å². The maximum absolute atomic E-state index is 11.3. The summed E-state index contributed by atoms with van der Waals surface area (Å²) in [4.78, 5) is 11.3. The van der Waals surface area contributed by atoms with Crippen molar-refractivity contribution < 1.29 is 9.53 Å². The minimum absolute atomic E-state index is 0.179. The molecule has 2 rings (SSSR count). The van der Waals surface area contributed by atoms with Crippen LogP contribution >= 0.6 is 22.6 Å². The Hall–Kier alpha value is -0.910. The Balaban J connectivity index is 2.73. The topological polar surface area (TPSA) is 43.1 Å². The molecule has 12 heavy (non-hydrogen) atoms. The smallest absolute Gasteiger partial charge is 0.301 e. The van der Waals surface area contributed by atoms with Gasteiger partial charge in [0.05, 0.1) is 0 Å². The summed E-state index contributed by atoms with van der Waals surface area (Å²) in [5, 5.41) is 11.3. The Labute approximate surface area is 82.4 Å². The first-order valence-electron chi connectivity index (χ1n) is 3.35. The number of carbonyl (C=O) groups excluding carboxylic acids is 1. The van der Waals surface area contributed by atoms with Crippen molar-refractivity contribution in [1.82, 2.24) is 0 Å². The van der Waals surface area contributed by atoms with E-state index >= 15 is 0 Å². The van der Waals surface area contributed by atoms with E-state index in [1.165, 1.54) is 0 Å². The van der Waals surface area contributed by atoms with Crippen LogP contribution in [0.2, 0.25) is 0 Å². The Bertz CT molecular complexity index is 398. The van der Waals surface area contributed by atoms with E-state index in [-0.39, 0.29) is 9.50 Å². The predicted octanol–water partition coefficient (Wildman–Crippen LogP) is 1.86. The fourth-order valence-corrected chi connectivity index (χ4v) is 1.70. The normalized spacial score (nSPS) is 15.2. The van der Waals surface area contributed by atoms with E-state index < -0.39 is 0 Å². The first kappa shape index (κ1) is 7.72. The molecule has 0 N–H and O–H groups in total. The minimum atomic E-state index is -0.179. The third-order valence-electron chi connectivity index (χ3n) is 1.73. The number of Topliss-reactive ketones (excluding diaryl/α,β-unsaturated/α-hetero) is 1. The van der Waals surface area contributed by atoms with Crippen LogP contribution in [0.4, 0.5) is 5.69 Å². The molecule has 0 atom stereocenters. The highest BCUT2D eigenvalue weighted by Gasteiger charge is 2.32. The van der Waals surface area contributed by atoms with Crippen molar-refractivity contribution >= 4 is 37.8 Å². The lowest BCUT2D eigenvalue weighted by molar-refractivity contribution is -0.351. The van der Waals surface area contributed by atoms with Crippen molar-refractivity contribution in [3.63, 3.8) is 0 Å². The molecule has 0 bridgehead atoms. The molecule has 1 aliphatic heterocycles. The van der Waals surface area contributed by atoms with Gasteiger partial charge in [-0.25, -0.2) is 0 Å². The molecule has 0 unspecified atom stereocenters. The molecule has 0 amide bonds. The van der Waals surface area contributed by atoms with Gasteiger partial charge in [-0.2, -0.15) is 4.74 Å². The van der Waals surface area contributed by atoms with Gasteiger partial charge in [-0.15, -0.1) is 0 Å². The third kappa shape index (κ3) is 0.874. The maximum Gasteiger partial charge on any atom is 0.301 e. The average Bonchev–Trinajstić information content (AvgIpc) is 2.33. The number of benzene rings is 1. The van der Waals surface area contributed by atoms with Crippen LogP contribution in [-0.2, 0) is 0 Å². The Morgan fingerprint density at radius 1 is 1.33 bits per heavy atom. The average molecular weight is 273 g/mol. The Kier molecular flexibility index (Phi) is 1.64. The second kappa shape index (κ2) is 2.55. The summed E-state index contributed by atoms with van der Waals surface area (Å²) < 4.78 is 0.881. The molecule has 3 nitrogen and oxygen atoms in total. The van der Waals surface area contributed by atoms with Gasteiger partial charge in [0.2, 0.25) is 5.69 Å². The van der Waals surface area contributed by atoms with Gasteiger partial charge in [-0.3, -0.25) is 4.79 Å². The number of para-hydroxylation sites is 1. The van der Waals surface area contributed by atoms with E-state index in [4.69, 9.17) is 0 Å². The van der Waals surface area contributed by atoms with Gasteiger partial charge in [-0.1, -0.05) is 12.1 Å². The van der Waals surface area contributed by atoms with Crippen LogP contribution in [-0.4, -0.2) is 14.2 Å². The quantitative estimate of drug-likeness (QED) is 0.411. The number of hydrogen-bond donors (Lipinski definition) is 0. The summed E-state index contributed by atoms with van der Waals surface area (Å²) in [5.74, 6) is -0.179. The van der Waals surface area contributed by atoms with E-state index in [0.29, 0.717) is 16.0 Å². The molecule has 0 fully saturated rings. The molecule has 0 radical (unpaired) electrons. The molecular formula is C8H4INO2. The number of nitrogens with zero attached hydrogens (tertiary/aromatic N) is 1. The van der Waals surface area contributed by atoms with Gasteiger partial charge in [-0.05, 0) is 6.07 Å². The highest BCUT2D eigenvalue weighted by atomic mass is 127. The second-order valence-electron chi connectivity index (χ2n) is 2.43. The summed E-state index contributed by atoms with van der Waals surface area (Å²) in [6.45, 7) is 0. The lowest BCUT2D eigenvalue weighted by Crippen LogP contribution is -2.05. The largest absolute Gasteiger partial charge is 0.617 e. The summed E-state index contributed by atoms with van der Waals surface area (Å²) in [7, 11) is 0. The number of fused-ring (bicyclic) bond motifs is 1. The second-order valence-corrected chi connectivity index (χ2v) is 3.45. The molecule has 0 saturated heterocycles. The molecule has 0 spiro atoms. The fourth-order valence-electron chi connectivity index (χ4n) is 1.15. The highest BCUT2D eigenvalue weighted by molar-refractivity contribution is 14.1. The Morgan fingerprint density at radius 3 is 2.67 bits per heavy atom. The van der Waals surface area contributed by atoms with Gasteiger partial charge in [0, 0.05) is 28.7 Å². The van der Waals surface area contributed by atoms with Crippen LogP contribution in [0.5, 0.6) is 0 Å². The lowest BCUT2D eigenvalue weighted by atomic mass is 10.1. The zero-order chi connectivity index (χ0) is 8.72. The van der Waals surface area contributed by atoms with E-state index in [1.54, 1.807) is 46.9 Å². The highest BCUT2D eigenvalue weighted by Crippen LogP contribution is 2.26. The molecule has 0 saturated carbocycles. The lowest BCUT2D eigenvalue weighted by Gasteiger charge is -1.96. The van der Waals surface area contributed by atoms with Crippen LogP contribution in [0.1, 0.15) is 10.4 Å². The molecule has 1 aliphatic rings. The van der Waals surface area contributed by atoms with Gasteiger partial charge < -0.3 is 5.21 Å². The van der Waals surface area contributed by atoms with Crippen LogP contribution < -0.4 is 0 Å². The summed E-state index contributed by atoms with van der Waals surface area (Å²) >= 11 is 1.76. The molecular weight excluding hydrogens is 269 g/mol. The summed E-state index contributed by atoms with van der Waals surface area (Å²) in [5.41, 5.74) is 0.948. The van der Waals surface area contributed by atoms with Crippen LogP contribution in [0.25, 0.3) is 0 Å². The number of hydrogen-bond acceptors (Lipinski definition) is 2. The molecule has 0 aromatic heterocycles. The predicted molar refractivity (Wildman–Crippen MR) is 53.1 cm³/mol. The van der Waals surface area contributed by atoms with E-state index in [1.807, 2.05) is 0 Å². The van der Waals surface area contributed by atoms with Crippen molar-refractivity contribution in [2.24, 2.45) is 0 Å². The first-order valence-corrected chi connectivity index (χ1v) is 4.43. The first-order chi connectivity index (χ1) is 5.72. The zero-order valence-corrected chi connectivity index (χ0v) is 8.11. The Morgan fingerprint density at radius 2 is 2.00 bits per heavy atom. The third-order valence-corrected chi connectivity index (χ3v) is 2.66. The van der Waals surface area contributed by atoms with Crippen molar-refractivity contribution in [3.05, 3.63) is 35.0 Å². The molecule has 4 heteroatoms. The minimum Gasteiger partial charge on any atom is -0.617 e. The van der Waals surface area contributed by atoms with Crippen LogP contribution in [0.15, 0.2) is 24.3 Å². The standard InChI is InChI=1S/C8H4INO2/c9-8-7(11)5-3-1-2-4-6(5)10(8)12/h1-4H. The van der Waals surface area contributed by atoms with Crippen molar-refractivity contribution in [2.75, 3.05) is 0 Å². The van der Waals surface area contributed by atoms with Crippen molar-refractivity contribution in [1.29, 1.82) is 0 Å². The van der Waals surface area contributed by atoms with Gasteiger partial charge in [0.25, 0.3) is 5.78 Å². The fraction of sp³-hybridized carbons (Fsp3) is 0. The summed E-state index contributed by atoms with van der Waals surface area (Å²) in [6.07, 6.45) is 0. The van der Waals surface area contributed by atoms with Crippen LogP contribution in [0.3, 0.4) is 0 Å². The maximum atomic E-state index is 11.3. The number of halogens is 1. The molecule has 1 heterocycles. The van der Waals surface area contributed by atoms with Gasteiger partial charge >= 0.3 is 3.72 Å². The SMILES string of the molecule is O=C1C(I)=[N+]([O-])c2ccccc21. The van der Waals surface area contributed by atoms with Crippen molar-refractivity contribution in [3.8, 4) is 0 Å². The monoisotopic (exact) mass is 273 g/mol. The number of rotatable bonds is 0. The molecule has 0 aliphatic carbocycles. The summed E-state index contributed by atoms with van der Waals surface area (Å²) in [6, 6.07) is 6.80. The molecule has 60 valence electrons. The van der Waals surface area contributed by atoms with E-state index in [0.717, 1.165) is 0 Å². The zero-order valence-electron chi connectivity index (χ0n) is 5.95. The van der Waals surface area contributed by atoms with E-state index in [9.17, 15) is 10.0 Å². The molecule has 1 aromatic rings. The molecule has 1 aromatic carbocycles. The van der Waals surface area contributed by atoms with E-state index in [2.05, 4.69) is 0 Å². The van der Waals surface area contributed by atoms with Crippen molar-refractivity contribution in [2.45, 2.75) is 0 Å².